The maximum absolute atomic E-state index is 13.0. The van der Waals surface area contributed by atoms with Crippen molar-refractivity contribution in [2.45, 2.75) is 52.1 Å². The number of allylic oxidation sites excluding steroid dienone is 3. The van der Waals surface area contributed by atoms with Crippen LogP contribution in [0.2, 0.25) is 0 Å². The molecule has 0 N–H and O–H groups in total. The van der Waals surface area contributed by atoms with E-state index >= 15 is 0 Å². The van der Waals surface area contributed by atoms with Crippen LogP contribution in [0.3, 0.4) is 0 Å². The highest BCUT2D eigenvalue weighted by Crippen LogP contribution is 2.46. The number of likely N-dealkylation sites (tertiary alicyclic amines) is 2. The van der Waals surface area contributed by atoms with Crippen molar-refractivity contribution in [1.82, 2.24) is 9.80 Å². The molecule has 152 valence electrons. The number of carbonyl (C=O) groups is 4. The topological polar surface area (TPSA) is 84.0 Å². The van der Waals surface area contributed by atoms with E-state index in [1.807, 2.05) is 26.8 Å². The number of hydrogen-bond donors (Lipinski definition) is 0. The van der Waals surface area contributed by atoms with Gasteiger partial charge >= 0.3 is 5.97 Å². The standard InChI is InChI=1S/C21H28N2O5/c1-11(2)6-7-13-12(3)10-15(18-17(13)19(25)22(4)20(18)26)23-14(21(27)28-5)8-9-16(23)24/h6,10,13-15,17-18H,7-9H2,1-5H3/t13-,14-,15+,17-,18+/m0/s1. The molecule has 2 aliphatic heterocycles. The Hall–Kier alpha value is -2.44. The first-order valence-electron chi connectivity index (χ1n) is 9.71. The lowest BCUT2D eigenvalue weighted by Crippen LogP contribution is -2.53. The molecular formula is C21H28N2O5. The molecule has 7 nitrogen and oxygen atoms in total. The van der Waals surface area contributed by atoms with Gasteiger partial charge in [0.25, 0.3) is 0 Å². The number of ether oxygens (including phenoxy) is 1. The third kappa shape index (κ3) is 3.16. The Morgan fingerprint density at radius 1 is 1.21 bits per heavy atom. The van der Waals surface area contributed by atoms with E-state index in [1.165, 1.54) is 24.0 Å². The van der Waals surface area contributed by atoms with Gasteiger partial charge < -0.3 is 9.64 Å². The molecule has 0 bridgehead atoms. The van der Waals surface area contributed by atoms with E-state index in [1.54, 1.807) is 0 Å². The van der Waals surface area contributed by atoms with Crippen molar-refractivity contribution in [3.05, 3.63) is 23.3 Å². The lowest BCUT2D eigenvalue weighted by Gasteiger charge is -2.40. The van der Waals surface area contributed by atoms with Crippen LogP contribution in [0.1, 0.15) is 40.0 Å². The van der Waals surface area contributed by atoms with E-state index in [0.29, 0.717) is 12.8 Å². The fourth-order valence-electron chi connectivity index (χ4n) is 4.82. The molecule has 2 heterocycles. The fraction of sp³-hybridized carbons (Fsp3) is 0.619. The minimum Gasteiger partial charge on any atom is -0.467 e. The molecule has 2 fully saturated rings. The molecule has 0 aromatic carbocycles. The lowest BCUT2D eigenvalue weighted by molar-refractivity contribution is -0.152. The zero-order valence-corrected chi connectivity index (χ0v) is 17.1. The fourth-order valence-corrected chi connectivity index (χ4v) is 4.82. The molecule has 0 aromatic heterocycles. The van der Waals surface area contributed by atoms with E-state index in [9.17, 15) is 19.2 Å². The highest BCUT2D eigenvalue weighted by atomic mass is 16.5. The maximum Gasteiger partial charge on any atom is 0.328 e. The Kier molecular flexibility index (Phi) is 5.46. The molecule has 0 saturated carbocycles. The quantitative estimate of drug-likeness (QED) is 0.416. The number of methoxy groups -OCH3 is 1. The summed E-state index contributed by atoms with van der Waals surface area (Å²) in [6.07, 6.45) is 5.26. The predicted molar refractivity (Wildman–Crippen MR) is 102 cm³/mol. The first kappa shape index (κ1) is 20.3. The van der Waals surface area contributed by atoms with Crippen molar-refractivity contribution >= 4 is 23.7 Å². The van der Waals surface area contributed by atoms with Crippen LogP contribution in [0.25, 0.3) is 0 Å². The average Bonchev–Trinajstić information content (AvgIpc) is 3.13. The largest absolute Gasteiger partial charge is 0.467 e. The van der Waals surface area contributed by atoms with Crippen LogP contribution in [0.4, 0.5) is 0 Å². The second-order valence-electron chi connectivity index (χ2n) is 8.19. The van der Waals surface area contributed by atoms with Gasteiger partial charge in [0.2, 0.25) is 17.7 Å². The zero-order chi connectivity index (χ0) is 20.7. The van der Waals surface area contributed by atoms with Gasteiger partial charge in [-0.1, -0.05) is 23.3 Å². The van der Waals surface area contributed by atoms with Gasteiger partial charge in [0.1, 0.15) is 6.04 Å². The highest BCUT2D eigenvalue weighted by molar-refractivity contribution is 6.06. The normalized spacial score (nSPS) is 32.4. The minimum atomic E-state index is -0.713. The number of imide groups is 1. The van der Waals surface area contributed by atoms with Crippen LogP contribution in [-0.4, -0.2) is 59.7 Å². The summed E-state index contributed by atoms with van der Waals surface area (Å²) >= 11 is 0. The monoisotopic (exact) mass is 388 g/mol. The van der Waals surface area contributed by atoms with Crippen molar-refractivity contribution in [2.75, 3.05) is 14.2 Å². The van der Waals surface area contributed by atoms with E-state index in [4.69, 9.17) is 4.74 Å². The van der Waals surface area contributed by atoms with Crippen molar-refractivity contribution in [1.29, 1.82) is 0 Å². The second-order valence-corrected chi connectivity index (χ2v) is 8.19. The number of nitrogens with zero attached hydrogens (tertiary/aromatic N) is 2. The van der Waals surface area contributed by atoms with Crippen LogP contribution < -0.4 is 0 Å². The molecule has 28 heavy (non-hydrogen) atoms. The molecule has 0 spiro atoms. The number of hydrogen-bond acceptors (Lipinski definition) is 5. The first-order chi connectivity index (χ1) is 13.2. The number of fused-ring (bicyclic) bond motifs is 1. The number of rotatable bonds is 4. The highest BCUT2D eigenvalue weighted by Gasteiger charge is 2.57. The van der Waals surface area contributed by atoms with Crippen LogP contribution >= 0.6 is 0 Å². The van der Waals surface area contributed by atoms with Crippen molar-refractivity contribution in [3.8, 4) is 0 Å². The molecule has 3 aliphatic rings. The zero-order valence-electron chi connectivity index (χ0n) is 17.1. The van der Waals surface area contributed by atoms with Gasteiger partial charge in [-0.15, -0.1) is 0 Å². The smallest absolute Gasteiger partial charge is 0.328 e. The van der Waals surface area contributed by atoms with Crippen molar-refractivity contribution in [2.24, 2.45) is 17.8 Å². The van der Waals surface area contributed by atoms with Crippen LogP contribution in [0.15, 0.2) is 23.3 Å². The molecule has 2 saturated heterocycles. The number of carbonyl (C=O) groups excluding carboxylic acids is 4. The van der Waals surface area contributed by atoms with Crippen LogP contribution in [-0.2, 0) is 23.9 Å². The van der Waals surface area contributed by atoms with E-state index in [2.05, 4.69) is 6.08 Å². The Balaban J connectivity index is 2.05. The van der Waals surface area contributed by atoms with Crippen molar-refractivity contribution in [3.63, 3.8) is 0 Å². The average molecular weight is 388 g/mol. The summed E-state index contributed by atoms with van der Waals surface area (Å²) in [5, 5.41) is 0. The lowest BCUT2D eigenvalue weighted by atomic mass is 9.69. The molecule has 7 heteroatoms. The number of esters is 1. The third-order valence-corrected chi connectivity index (χ3v) is 6.27. The van der Waals surface area contributed by atoms with Crippen LogP contribution in [0, 0.1) is 17.8 Å². The third-order valence-electron chi connectivity index (χ3n) is 6.27. The Bertz CT molecular complexity index is 780. The molecule has 0 aromatic rings. The van der Waals surface area contributed by atoms with E-state index in [0.717, 1.165) is 11.1 Å². The summed E-state index contributed by atoms with van der Waals surface area (Å²) in [6.45, 7) is 5.94. The summed E-state index contributed by atoms with van der Waals surface area (Å²) in [4.78, 5) is 53.4. The van der Waals surface area contributed by atoms with Gasteiger partial charge in [0, 0.05) is 13.5 Å². The molecule has 5 atom stereocenters. The molecule has 1 aliphatic carbocycles. The molecule has 3 amide bonds. The second kappa shape index (κ2) is 7.53. The molecule has 3 rings (SSSR count). The van der Waals surface area contributed by atoms with Gasteiger partial charge in [0.05, 0.1) is 25.0 Å². The van der Waals surface area contributed by atoms with Gasteiger partial charge in [-0.2, -0.15) is 0 Å². The maximum atomic E-state index is 13.0. The summed E-state index contributed by atoms with van der Waals surface area (Å²) in [5.74, 6) is -2.42. The molecular weight excluding hydrogens is 360 g/mol. The predicted octanol–water partition coefficient (Wildman–Crippen LogP) is 1.68. The first-order valence-corrected chi connectivity index (χ1v) is 9.71. The van der Waals surface area contributed by atoms with E-state index < -0.39 is 29.9 Å². The van der Waals surface area contributed by atoms with Gasteiger partial charge in [-0.3, -0.25) is 19.3 Å². The molecule has 0 radical (unpaired) electrons. The number of amides is 3. The van der Waals surface area contributed by atoms with Gasteiger partial charge in [0.15, 0.2) is 0 Å². The summed E-state index contributed by atoms with van der Waals surface area (Å²) in [6, 6.07) is -1.32. The Labute approximate surface area is 165 Å². The van der Waals surface area contributed by atoms with Gasteiger partial charge in [-0.05, 0) is 39.5 Å². The van der Waals surface area contributed by atoms with E-state index in [-0.39, 0.29) is 30.1 Å². The summed E-state index contributed by atoms with van der Waals surface area (Å²) in [5.41, 5.74) is 2.13. The molecule has 0 unspecified atom stereocenters. The Morgan fingerprint density at radius 3 is 2.46 bits per heavy atom. The summed E-state index contributed by atoms with van der Waals surface area (Å²) < 4.78 is 4.87. The van der Waals surface area contributed by atoms with Crippen LogP contribution in [0.5, 0.6) is 0 Å². The summed E-state index contributed by atoms with van der Waals surface area (Å²) in [7, 11) is 2.79. The Morgan fingerprint density at radius 2 is 1.86 bits per heavy atom. The van der Waals surface area contributed by atoms with Gasteiger partial charge in [-0.25, -0.2) is 4.79 Å². The SMILES string of the molecule is COC(=O)[C@@H]1CCC(=O)N1[C@@H]1C=C(C)[C@H](CC=C(C)C)[C@@H]2C(=O)N(C)C(=O)[C@@H]21. The minimum absolute atomic E-state index is 0.0909. The van der Waals surface area contributed by atoms with Crippen molar-refractivity contribution < 1.29 is 23.9 Å².